The Balaban J connectivity index is 1.72. The van der Waals surface area contributed by atoms with Gasteiger partial charge in [-0.1, -0.05) is 35.9 Å². The van der Waals surface area contributed by atoms with E-state index < -0.39 is 49.0 Å². The molecule has 1 heterocycles. The maximum atomic E-state index is 14.2. The monoisotopic (exact) mass is 565 g/mol. The number of aliphatic imine (C=N–C) groups is 1. The molecule has 0 unspecified atom stereocenters. The van der Waals surface area contributed by atoms with Gasteiger partial charge in [0.15, 0.2) is 19.4 Å². The quantitative estimate of drug-likeness (QED) is 0.258. The molecule has 2 N–H and O–H groups in total. The average Bonchev–Trinajstić information content (AvgIpc) is 3.39. The third-order valence-electron chi connectivity index (χ3n) is 4.95. The Bertz CT molecular complexity index is 1240. The lowest BCUT2D eigenvalue weighted by Crippen LogP contribution is -2.50. The first-order valence-electron chi connectivity index (χ1n) is 10.6. The van der Waals surface area contributed by atoms with Gasteiger partial charge in [-0.3, -0.25) is 10.2 Å². The molecule has 1 atom stereocenters. The predicted octanol–water partition coefficient (Wildman–Crippen LogP) is 3.90. The van der Waals surface area contributed by atoms with E-state index in [1.807, 2.05) is 0 Å². The molecule has 204 valence electrons. The minimum absolute atomic E-state index is 0.105. The third kappa shape index (κ3) is 7.49. The van der Waals surface area contributed by atoms with Crippen molar-refractivity contribution in [1.82, 2.24) is 10.4 Å². The van der Waals surface area contributed by atoms with Crippen molar-refractivity contribution in [2.45, 2.75) is 24.7 Å². The molecule has 1 aliphatic heterocycles. The van der Waals surface area contributed by atoms with E-state index in [0.717, 1.165) is 5.01 Å². The summed E-state index contributed by atoms with van der Waals surface area (Å²) in [5.41, 5.74) is 3.42. The Kier molecular flexibility index (Phi) is 9.06. The topological polar surface area (TPSA) is 116 Å². The van der Waals surface area contributed by atoms with Crippen molar-refractivity contribution in [3.05, 3.63) is 58.9 Å². The van der Waals surface area contributed by atoms with Crippen LogP contribution in [0.3, 0.4) is 0 Å². The van der Waals surface area contributed by atoms with Gasteiger partial charge in [-0.25, -0.2) is 19.2 Å². The van der Waals surface area contributed by atoms with Crippen LogP contribution in [-0.4, -0.2) is 65.9 Å². The van der Waals surface area contributed by atoms with E-state index in [2.05, 4.69) is 25.4 Å². The van der Waals surface area contributed by atoms with Crippen molar-refractivity contribution >= 4 is 29.3 Å². The van der Waals surface area contributed by atoms with E-state index >= 15 is 0 Å². The summed E-state index contributed by atoms with van der Waals surface area (Å²) in [5.74, 6) is -8.86. The van der Waals surface area contributed by atoms with Crippen LogP contribution >= 0.6 is 11.6 Å². The number of benzene rings is 2. The fraction of sp³-hybridized carbons (Fsp3) is 0.318. The molecule has 3 rings (SSSR count). The molecule has 9 nitrogen and oxygen atoms in total. The minimum atomic E-state index is -5.96. The number of rotatable bonds is 10. The van der Waals surface area contributed by atoms with E-state index in [1.165, 1.54) is 42.5 Å². The number of carbonyl (C=O) groups is 2. The fourth-order valence-corrected chi connectivity index (χ4v) is 3.21. The zero-order valence-electron chi connectivity index (χ0n) is 19.1. The molecule has 2 aromatic rings. The maximum absolute atomic E-state index is 14.2. The number of carbonyl (C=O) groups excluding carboxylic acids is 2. The van der Waals surface area contributed by atoms with Crippen LogP contribution < -0.4 is 5.43 Å². The van der Waals surface area contributed by atoms with Crippen molar-refractivity contribution in [3.8, 4) is 11.1 Å². The Morgan fingerprint density at radius 1 is 1.13 bits per heavy atom. The lowest BCUT2D eigenvalue weighted by atomic mass is 10.0. The normalized spacial score (nSPS) is 14.4. The van der Waals surface area contributed by atoms with Gasteiger partial charge in [-0.15, -0.1) is 5.11 Å². The van der Waals surface area contributed by atoms with Crippen LogP contribution in [-0.2, 0) is 20.9 Å². The first-order valence-corrected chi connectivity index (χ1v) is 11.0. The van der Waals surface area contributed by atoms with E-state index in [4.69, 9.17) is 11.6 Å². The van der Waals surface area contributed by atoms with Gasteiger partial charge >= 0.3 is 24.0 Å². The summed E-state index contributed by atoms with van der Waals surface area (Å²) >= 11 is 5.92. The van der Waals surface area contributed by atoms with Crippen LogP contribution in [0.4, 0.5) is 26.3 Å². The Hall–Kier alpha value is -3.56. The predicted molar refractivity (Wildman–Crippen MR) is 121 cm³/mol. The highest BCUT2D eigenvalue weighted by molar-refractivity contribution is 6.38. The first-order chi connectivity index (χ1) is 17.8. The molecular weight excluding hydrogens is 548 g/mol. The molecule has 0 aliphatic carbocycles. The number of nitrogens with zero attached hydrogens (tertiary/aromatic N) is 4. The van der Waals surface area contributed by atoms with Crippen molar-refractivity contribution < 1.29 is 45.8 Å². The fourth-order valence-electron chi connectivity index (χ4n) is 3.04. The van der Waals surface area contributed by atoms with Gasteiger partial charge in [0.2, 0.25) is 5.84 Å². The Morgan fingerprint density at radius 2 is 1.82 bits per heavy atom. The van der Waals surface area contributed by atoms with Crippen LogP contribution in [0.1, 0.15) is 5.56 Å². The molecule has 2 aromatic carbocycles. The number of aliphatic hydroxyl groups is 1. The lowest BCUT2D eigenvalue weighted by molar-refractivity contribution is -0.294. The first kappa shape index (κ1) is 29.0. The number of amides is 1. The van der Waals surface area contributed by atoms with E-state index in [1.54, 1.807) is 0 Å². The zero-order chi connectivity index (χ0) is 28.1. The molecule has 0 fully saturated rings. The zero-order valence-corrected chi connectivity index (χ0v) is 19.8. The van der Waals surface area contributed by atoms with Crippen LogP contribution in [0.2, 0.25) is 5.02 Å². The number of ether oxygens (including phenoxy) is 1. The molecule has 0 radical (unpaired) electrons. The number of hydrogen-bond acceptors (Lipinski definition) is 8. The number of hydrazine groups is 1. The molecule has 0 saturated heterocycles. The summed E-state index contributed by atoms with van der Waals surface area (Å²) in [7, 11) is 0. The van der Waals surface area contributed by atoms with Crippen LogP contribution in [0.15, 0.2) is 57.7 Å². The van der Waals surface area contributed by atoms with E-state index in [-0.39, 0.29) is 24.6 Å². The second-order valence-electron chi connectivity index (χ2n) is 7.83. The van der Waals surface area contributed by atoms with Crippen LogP contribution in [0.5, 0.6) is 0 Å². The molecular formula is C22H18ClF6N5O4. The summed E-state index contributed by atoms with van der Waals surface area (Å²) < 4.78 is 81.0. The Labute approximate surface area is 215 Å². The largest absolute Gasteiger partial charge is 0.457 e. The molecule has 0 bridgehead atoms. The number of hydrogen-bond donors (Lipinski definition) is 2. The van der Waals surface area contributed by atoms with E-state index in [9.17, 15) is 41.0 Å². The van der Waals surface area contributed by atoms with E-state index in [0.29, 0.717) is 16.1 Å². The molecule has 16 heteroatoms. The van der Waals surface area contributed by atoms with Crippen molar-refractivity contribution in [1.29, 1.82) is 0 Å². The van der Waals surface area contributed by atoms with Gasteiger partial charge in [0.1, 0.15) is 5.82 Å². The molecule has 38 heavy (non-hydrogen) atoms. The third-order valence-corrected chi connectivity index (χ3v) is 5.19. The molecule has 0 spiro atoms. The summed E-state index contributed by atoms with van der Waals surface area (Å²) in [5, 5.41) is 18.3. The van der Waals surface area contributed by atoms with Crippen molar-refractivity contribution in [2.24, 2.45) is 15.2 Å². The number of aliphatic hydroxyl groups excluding tert-OH is 1. The van der Waals surface area contributed by atoms with Crippen LogP contribution in [0, 0.1) is 5.82 Å². The van der Waals surface area contributed by atoms with Gasteiger partial charge in [0.05, 0.1) is 6.54 Å². The summed E-state index contributed by atoms with van der Waals surface area (Å²) in [6.45, 7) is -3.43. The maximum Gasteiger partial charge on any atom is 0.456 e. The lowest BCUT2D eigenvalue weighted by Gasteiger charge is -2.25. The van der Waals surface area contributed by atoms with Gasteiger partial charge in [0, 0.05) is 17.1 Å². The minimum Gasteiger partial charge on any atom is -0.457 e. The molecule has 0 saturated carbocycles. The number of amidine groups is 1. The Morgan fingerprint density at radius 3 is 2.42 bits per heavy atom. The number of alkyl halides is 5. The molecule has 1 amide bonds. The highest BCUT2D eigenvalue weighted by Gasteiger charge is 2.58. The highest BCUT2D eigenvalue weighted by atomic mass is 35.5. The number of halogens is 7. The number of nitrogens with one attached hydrogen (secondary N) is 1. The van der Waals surface area contributed by atoms with Gasteiger partial charge in [-0.2, -0.15) is 27.1 Å². The standard InChI is InChI=1S/C22H18ClF6N5O4/c23-14-5-6-16(24)15(7-14)13-3-1-12(2-4-13)8-34(33-19(36)18-30-11-31-32-18)9-17(35)20(37)38-10-21(25,26)22(27,28)29/h1-7,17,35H,8-11H2,(H,33,36)/t17-/m1/s1. The van der Waals surface area contributed by atoms with Gasteiger partial charge < -0.3 is 9.84 Å². The average molecular weight is 566 g/mol. The number of esters is 1. The summed E-state index contributed by atoms with van der Waals surface area (Å²) in [6.07, 6.45) is -8.19. The van der Waals surface area contributed by atoms with Gasteiger partial charge in [0.25, 0.3) is 0 Å². The van der Waals surface area contributed by atoms with Crippen molar-refractivity contribution in [3.63, 3.8) is 0 Å². The smallest absolute Gasteiger partial charge is 0.456 e. The summed E-state index contributed by atoms with van der Waals surface area (Å²) in [4.78, 5) is 28.0. The molecule has 1 aliphatic rings. The molecule has 0 aromatic heterocycles. The SMILES string of the molecule is O=C(NN(Cc1ccc(-c2cc(Cl)ccc2F)cc1)C[C@@H](O)C(=O)OCC(F)(F)C(F)(F)F)C1=NCN=N1. The second-order valence-corrected chi connectivity index (χ2v) is 8.27. The highest BCUT2D eigenvalue weighted by Crippen LogP contribution is 2.35. The van der Waals surface area contributed by atoms with Crippen LogP contribution in [0.25, 0.3) is 11.1 Å². The number of azo groups is 1. The van der Waals surface area contributed by atoms with Gasteiger partial charge in [-0.05, 0) is 29.3 Å². The second kappa shape index (κ2) is 11.9. The summed E-state index contributed by atoms with van der Waals surface area (Å²) in [6, 6.07) is 10.1. The van der Waals surface area contributed by atoms with Crippen molar-refractivity contribution in [2.75, 3.05) is 19.8 Å².